The summed E-state index contributed by atoms with van der Waals surface area (Å²) in [4.78, 5) is 24.4. The molecule has 1 aromatic heterocycles. The molecule has 7 heteroatoms. The van der Waals surface area contributed by atoms with E-state index in [1.54, 1.807) is 7.11 Å². The minimum atomic E-state index is -0.179. The number of nitrogens with zero attached hydrogens (tertiary/aromatic N) is 1. The Morgan fingerprint density at radius 1 is 1.40 bits per heavy atom. The molecule has 6 nitrogen and oxygen atoms in total. The number of H-pyrrole nitrogens is 1. The molecule has 0 atom stereocenters. The molecule has 0 unspecified atom stereocenters. The Morgan fingerprint density at radius 3 is 3.05 bits per heavy atom. The molecule has 0 bridgehead atoms. The molecule has 0 amide bonds. The van der Waals surface area contributed by atoms with Crippen LogP contribution in [0.1, 0.15) is 33.7 Å². The van der Waals surface area contributed by atoms with Crippen molar-refractivity contribution in [3.8, 4) is 0 Å². The van der Waals surface area contributed by atoms with Crippen molar-refractivity contribution in [2.75, 3.05) is 26.1 Å². The van der Waals surface area contributed by atoms with Gasteiger partial charge in [-0.1, -0.05) is 0 Å². The number of ketones is 2. The third kappa shape index (κ3) is 3.56. The number of aromatic nitrogens is 2. The van der Waals surface area contributed by atoms with Crippen LogP contribution in [0.5, 0.6) is 0 Å². The van der Waals surface area contributed by atoms with Crippen LogP contribution in [0.3, 0.4) is 0 Å². The SMILES string of the molecule is COCNCCCCSC1=CC(=O)c2[nH]ncc2C1=O. The molecule has 2 N–H and O–H groups in total. The normalized spacial score (nSPS) is 14.3. The van der Waals surface area contributed by atoms with Crippen LogP contribution in [0.4, 0.5) is 0 Å². The lowest BCUT2D eigenvalue weighted by Gasteiger charge is -2.10. The third-order valence-corrected chi connectivity index (χ3v) is 3.98. The predicted molar refractivity (Wildman–Crippen MR) is 76.9 cm³/mol. The van der Waals surface area contributed by atoms with E-state index in [-0.39, 0.29) is 11.6 Å². The largest absolute Gasteiger partial charge is 0.370 e. The van der Waals surface area contributed by atoms with Crippen LogP contribution in [0.25, 0.3) is 0 Å². The number of hydrogen-bond donors (Lipinski definition) is 2. The van der Waals surface area contributed by atoms with Crippen LogP contribution < -0.4 is 5.32 Å². The summed E-state index contributed by atoms with van der Waals surface area (Å²) < 4.78 is 4.88. The molecule has 2 rings (SSSR count). The summed E-state index contributed by atoms with van der Waals surface area (Å²) >= 11 is 1.43. The average molecular weight is 295 g/mol. The molecule has 0 aliphatic heterocycles. The van der Waals surface area contributed by atoms with Crippen LogP contribution in [-0.4, -0.2) is 47.9 Å². The van der Waals surface area contributed by atoms with Crippen molar-refractivity contribution >= 4 is 23.3 Å². The number of rotatable bonds is 8. The highest BCUT2D eigenvalue weighted by Crippen LogP contribution is 2.27. The van der Waals surface area contributed by atoms with Gasteiger partial charge in [0.2, 0.25) is 11.6 Å². The molecule has 0 saturated heterocycles. The van der Waals surface area contributed by atoms with Crippen LogP contribution in [0.2, 0.25) is 0 Å². The highest BCUT2D eigenvalue weighted by atomic mass is 32.2. The predicted octanol–water partition coefficient (Wildman–Crippen LogP) is 1.38. The van der Waals surface area contributed by atoms with Gasteiger partial charge in [0, 0.05) is 13.2 Å². The Morgan fingerprint density at radius 2 is 2.25 bits per heavy atom. The molecular weight excluding hydrogens is 278 g/mol. The van der Waals surface area contributed by atoms with E-state index in [2.05, 4.69) is 15.5 Å². The maximum absolute atomic E-state index is 12.1. The maximum Gasteiger partial charge on any atom is 0.205 e. The molecule has 0 saturated carbocycles. The topological polar surface area (TPSA) is 84.1 Å². The van der Waals surface area contributed by atoms with Crippen LogP contribution in [0, 0.1) is 0 Å². The summed E-state index contributed by atoms with van der Waals surface area (Å²) in [5, 5.41) is 9.43. The zero-order valence-electron chi connectivity index (χ0n) is 11.3. The van der Waals surface area contributed by atoms with Gasteiger partial charge in [-0.15, -0.1) is 11.8 Å². The number of nitrogens with one attached hydrogen (secondary N) is 2. The first-order valence-corrected chi connectivity index (χ1v) is 7.39. The first-order chi connectivity index (χ1) is 9.74. The Labute approximate surface area is 121 Å². The van der Waals surface area contributed by atoms with Crippen LogP contribution >= 0.6 is 11.8 Å². The van der Waals surface area contributed by atoms with E-state index in [0.717, 1.165) is 25.1 Å². The van der Waals surface area contributed by atoms with Crippen molar-refractivity contribution < 1.29 is 14.3 Å². The number of fused-ring (bicyclic) bond motifs is 1. The zero-order valence-corrected chi connectivity index (χ0v) is 12.1. The quantitative estimate of drug-likeness (QED) is 0.557. The number of hydrogen-bond acceptors (Lipinski definition) is 6. The number of ether oxygens (including phenoxy) is 1. The Balaban J connectivity index is 1.77. The van der Waals surface area contributed by atoms with Gasteiger partial charge in [-0.3, -0.25) is 20.0 Å². The van der Waals surface area contributed by atoms with E-state index >= 15 is 0 Å². The van der Waals surface area contributed by atoms with Gasteiger partial charge in [0.25, 0.3) is 0 Å². The standard InChI is InChI=1S/C13H17N3O3S/c1-19-8-14-4-2-3-5-20-11-6-10(17)12-9(13(11)18)7-15-16-12/h6-7,14H,2-5,8H2,1H3,(H,15,16). The second-order valence-corrected chi connectivity index (χ2v) is 5.49. The summed E-state index contributed by atoms with van der Waals surface area (Å²) in [5.41, 5.74) is 0.671. The van der Waals surface area contributed by atoms with Crippen molar-refractivity contribution in [1.29, 1.82) is 0 Å². The molecule has 1 aliphatic rings. The zero-order chi connectivity index (χ0) is 14.4. The van der Waals surface area contributed by atoms with Gasteiger partial charge in [0.05, 0.1) is 23.4 Å². The first-order valence-electron chi connectivity index (χ1n) is 6.40. The van der Waals surface area contributed by atoms with Gasteiger partial charge < -0.3 is 4.74 Å². The van der Waals surface area contributed by atoms with E-state index in [1.807, 2.05) is 0 Å². The third-order valence-electron chi connectivity index (χ3n) is 2.87. The molecule has 0 aromatic carbocycles. The number of unbranched alkanes of at least 4 members (excludes halogenated alkanes) is 1. The highest BCUT2D eigenvalue weighted by molar-refractivity contribution is 8.04. The summed E-state index contributed by atoms with van der Waals surface area (Å²) in [6, 6.07) is 0. The van der Waals surface area contributed by atoms with Gasteiger partial charge in [0.15, 0.2) is 0 Å². The number of thioether (sulfide) groups is 1. The Kier molecular flexibility index (Phi) is 5.51. The lowest BCUT2D eigenvalue weighted by atomic mass is 10.0. The second-order valence-electron chi connectivity index (χ2n) is 4.35. The molecule has 1 heterocycles. The fourth-order valence-electron chi connectivity index (χ4n) is 1.85. The van der Waals surface area contributed by atoms with Crippen molar-refractivity contribution in [3.05, 3.63) is 28.4 Å². The Bertz CT molecular complexity index is 525. The minimum Gasteiger partial charge on any atom is -0.370 e. The fraction of sp³-hybridized carbons (Fsp3) is 0.462. The van der Waals surface area contributed by atoms with Crippen LogP contribution in [0.15, 0.2) is 17.2 Å². The van der Waals surface area contributed by atoms with Crippen molar-refractivity contribution in [3.63, 3.8) is 0 Å². The van der Waals surface area contributed by atoms with E-state index in [1.165, 1.54) is 24.0 Å². The first kappa shape index (κ1) is 15.0. The van der Waals surface area contributed by atoms with E-state index in [0.29, 0.717) is 22.9 Å². The number of methoxy groups -OCH3 is 1. The monoisotopic (exact) mass is 295 g/mol. The number of carbonyl (C=O) groups is 2. The second kappa shape index (κ2) is 7.37. The average Bonchev–Trinajstić information content (AvgIpc) is 2.93. The number of aromatic amines is 1. The summed E-state index contributed by atoms with van der Waals surface area (Å²) in [5.74, 6) is 0.518. The van der Waals surface area contributed by atoms with Gasteiger partial charge >= 0.3 is 0 Å². The molecule has 1 aromatic rings. The van der Waals surface area contributed by atoms with E-state index < -0.39 is 0 Å². The Hall–Kier alpha value is -1.44. The molecule has 0 radical (unpaired) electrons. The van der Waals surface area contributed by atoms with Gasteiger partial charge in [-0.2, -0.15) is 5.10 Å². The van der Waals surface area contributed by atoms with Gasteiger partial charge in [-0.05, 0) is 25.1 Å². The van der Waals surface area contributed by atoms with Crippen molar-refractivity contribution in [2.45, 2.75) is 12.8 Å². The molecule has 0 spiro atoms. The minimum absolute atomic E-state index is 0.115. The smallest absolute Gasteiger partial charge is 0.205 e. The summed E-state index contributed by atoms with van der Waals surface area (Å²) in [7, 11) is 1.64. The lowest BCUT2D eigenvalue weighted by Crippen LogP contribution is -2.18. The number of Topliss-reactive ketones (excluding diaryl/α,β-unsaturated/α-hetero) is 1. The maximum atomic E-state index is 12.1. The molecule has 20 heavy (non-hydrogen) atoms. The van der Waals surface area contributed by atoms with Gasteiger partial charge in [-0.25, -0.2) is 0 Å². The number of allylic oxidation sites excluding steroid dienone is 2. The van der Waals surface area contributed by atoms with Crippen LogP contribution in [-0.2, 0) is 4.74 Å². The van der Waals surface area contributed by atoms with E-state index in [9.17, 15) is 9.59 Å². The molecular formula is C13H17N3O3S. The molecule has 1 aliphatic carbocycles. The highest BCUT2D eigenvalue weighted by Gasteiger charge is 2.27. The van der Waals surface area contributed by atoms with E-state index in [4.69, 9.17) is 4.74 Å². The molecule has 0 fully saturated rings. The van der Waals surface area contributed by atoms with Crippen molar-refractivity contribution in [2.24, 2.45) is 0 Å². The number of carbonyl (C=O) groups excluding carboxylic acids is 2. The lowest BCUT2D eigenvalue weighted by molar-refractivity contribution is 0.0989. The summed E-state index contributed by atoms with van der Waals surface area (Å²) in [6.07, 6.45) is 4.79. The fourth-order valence-corrected chi connectivity index (χ4v) is 2.85. The molecule has 108 valence electrons. The summed E-state index contributed by atoms with van der Waals surface area (Å²) in [6.45, 7) is 1.43. The van der Waals surface area contributed by atoms with Gasteiger partial charge in [0.1, 0.15) is 5.69 Å². The van der Waals surface area contributed by atoms with Crippen molar-refractivity contribution in [1.82, 2.24) is 15.5 Å².